The van der Waals surface area contributed by atoms with Crippen molar-refractivity contribution in [3.05, 3.63) is 89.2 Å². The molecule has 3 aromatic rings. The van der Waals surface area contributed by atoms with Gasteiger partial charge in [0.2, 0.25) is 5.91 Å². The van der Waals surface area contributed by atoms with Gasteiger partial charge in [-0.05, 0) is 54.6 Å². The van der Waals surface area contributed by atoms with Crippen molar-refractivity contribution in [2.45, 2.75) is 6.61 Å². The van der Waals surface area contributed by atoms with Gasteiger partial charge in [-0.1, -0.05) is 29.8 Å². The lowest BCUT2D eigenvalue weighted by molar-refractivity contribution is -0.114. The topological polar surface area (TPSA) is 50.4 Å². The average molecular weight is 385 g/mol. The summed E-state index contributed by atoms with van der Waals surface area (Å²) in [6.07, 6.45) is 0. The van der Waals surface area contributed by atoms with Gasteiger partial charge in [0, 0.05) is 22.0 Å². The van der Waals surface area contributed by atoms with Gasteiger partial charge in [0.1, 0.15) is 18.2 Å². The standard InChI is InChI=1S/C21H18ClFN2O2/c22-20-4-2-1-3-15(20)14-27-19-11-9-17(10-12-19)24-13-21(26)25-18-7-5-16(23)6-8-18/h1-12,24H,13-14H2,(H,25,26). The van der Waals surface area contributed by atoms with Gasteiger partial charge in [-0.2, -0.15) is 0 Å². The predicted molar refractivity (Wildman–Crippen MR) is 106 cm³/mol. The van der Waals surface area contributed by atoms with Crippen molar-refractivity contribution in [2.24, 2.45) is 0 Å². The van der Waals surface area contributed by atoms with Crippen LogP contribution in [0.15, 0.2) is 72.8 Å². The van der Waals surface area contributed by atoms with E-state index < -0.39 is 0 Å². The number of anilines is 2. The van der Waals surface area contributed by atoms with E-state index in [1.54, 1.807) is 0 Å². The highest BCUT2D eigenvalue weighted by molar-refractivity contribution is 6.31. The third-order valence-electron chi connectivity index (χ3n) is 3.79. The van der Waals surface area contributed by atoms with E-state index in [2.05, 4.69) is 10.6 Å². The molecule has 0 saturated carbocycles. The molecule has 0 saturated heterocycles. The van der Waals surface area contributed by atoms with Crippen molar-refractivity contribution >= 4 is 28.9 Å². The van der Waals surface area contributed by atoms with Crippen molar-refractivity contribution in [1.29, 1.82) is 0 Å². The number of nitrogens with one attached hydrogen (secondary N) is 2. The van der Waals surface area contributed by atoms with E-state index >= 15 is 0 Å². The highest BCUT2D eigenvalue weighted by atomic mass is 35.5. The fourth-order valence-electron chi connectivity index (χ4n) is 2.37. The molecule has 0 radical (unpaired) electrons. The minimum atomic E-state index is -0.344. The molecule has 0 aliphatic rings. The number of carbonyl (C=O) groups is 1. The fourth-order valence-corrected chi connectivity index (χ4v) is 2.56. The monoisotopic (exact) mass is 384 g/mol. The number of hydrogen-bond donors (Lipinski definition) is 2. The first-order valence-corrected chi connectivity index (χ1v) is 8.73. The maximum atomic E-state index is 12.9. The number of benzene rings is 3. The zero-order valence-corrected chi connectivity index (χ0v) is 15.2. The van der Waals surface area contributed by atoms with E-state index in [1.165, 1.54) is 24.3 Å². The van der Waals surface area contributed by atoms with Crippen LogP contribution in [0.2, 0.25) is 5.02 Å². The molecule has 0 aliphatic heterocycles. The van der Waals surface area contributed by atoms with E-state index in [1.807, 2.05) is 48.5 Å². The van der Waals surface area contributed by atoms with Crippen LogP contribution in [0.3, 0.4) is 0 Å². The summed E-state index contributed by atoms with van der Waals surface area (Å²) >= 11 is 6.11. The number of halogens is 2. The Balaban J connectivity index is 1.46. The van der Waals surface area contributed by atoms with Crippen molar-refractivity contribution in [2.75, 3.05) is 17.2 Å². The molecule has 2 N–H and O–H groups in total. The molecule has 0 bridgehead atoms. The Labute approximate surface area is 161 Å². The van der Waals surface area contributed by atoms with Gasteiger partial charge in [-0.15, -0.1) is 0 Å². The predicted octanol–water partition coefficient (Wildman–Crippen LogP) is 5.11. The third kappa shape index (κ3) is 5.72. The summed E-state index contributed by atoms with van der Waals surface area (Å²) in [6.45, 7) is 0.476. The zero-order chi connectivity index (χ0) is 19.1. The van der Waals surface area contributed by atoms with Crippen LogP contribution in [-0.4, -0.2) is 12.5 Å². The molecule has 0 aromatic heterocycles. The zero-order valence-electron chi connectivity index (χ0n) is 14.4. The average Bonchev–Trinajstić information content (AvgIpc) is 2.68. The molecule has 1 amide bonds. The lowest BCUT2D eigenvalue weighted by atomic mass is 10.2. The van der Waals surface area contributed by atoms with Crippen LogP contribution in [0.25, 0.3) is 0 Å². The number of hydrogen-bond acceptors (Lipinski definition) is 3. The van der Waals surface area contributed by atoms with Gasteiger partial charge in [-0.3, -0.25) is 4.79 Å². The second-order valence-corrected chi connectivity index (χ2v) is 6.22. The molecule has 3 rings (SSSR count). The normalized spacial score (nSPS) is 10.3. The first-order valence-electron chi connectivity index (χ1n) is 8.36. The largest absolute Gasteiger partial charge is 0.489 e. The van der Waals surface area contributed by atoms with Crippen molar-refractivity contribution in [3.8, 4) is 5.75 Å². The second-order valence-electron chi connectivity index (χ2n) is 5.81. The summed E-state index contributed by atoms with van der Waals surface area (Å²) in [4.78, 5) is 11.9. The van der Waals surface area contributed by atoms with Gasteiger partial charge in [0.25, 0.3) is 0 Å². The van der Waals surface area contributed by atoms with Crippen LogP contribution in [-0.2, 0) is 11.4 Å². The van der Waals surface area contributed by atoms with Crippen LogP contribution < -0.4 is 15.4 Å². The Hall–Kier alpha value is -3.05. The lowest BCUT2D eigenvalue weighted by Gasteiger charge is -2.10. The highest BCUT2D eigenvalue weighted by Crippen LogP contribution is 2.20. The SMILES string of the molecule is O=C(CNc1ccc(OCc2ccccc2Cl)cc1)Nc1ccc(F)cc1. The molecule has 0 spiro atoms. The first-order chi connectivity index (χ1) is 13.1. The van der Waals surface area contributed by atoms with E-state index in [4.69, 9.17) is 16.3 Å². The van der Waals surface area contributed by atoms with Crippen molar-refractivity contribution in [1.82, 2.24) is 0 Å². The molecule has 6 heteroatoms. The number of carbonyl (C=O) groups excluding carboxylic acids is 1. The second kappa shape index (κ2) is 9.05. The molecule has 0 atom stereocenters. The smallest absolute Gasteiger partial charge is 0.243 e. The maximum absolute atomic E-state index is 12.9. The van der Waals surface area contributed by atoms with E-state index in [0.717, 1.165) is 11.3 Å². The Bertz CT molecular complexity index is 899. The molecule has 0 heterocycles. The van der Waals surface area contributed by atoms with Gasteiger partial charge in [0.15, 0.2) is 0 Å². The lowest BCUT2D eigenvalue weighted by Crippen LogP contribution is -2.21. The van der Waals surface area contributed by atoms with Gasteiger partial charge >= 0.3 is 0 Å². The minimum Gasteiger partial charge on any atom is -0.489 e. The number of ether oxygens (including phenoxy) is 1. The van der Waals surface area contributed by atoms with Gasteiger partial charge < -0.3 is 15.4 Å². The summed E-state index contributed by atoms with van der Waals surface area (Å²) in [5.74, 6) is 0.139. The van der Waals surface area contributed by atoms with Crippen molar-refractivity contribution in [3.63, 3.8) is 0 Å². The first kappa shape index (κ1) is 18.7. The van der Waals surface area contributed by atoms with Crippen molar-refractivity contribution < 1.29 is 13.9 Å². The summed E-state index contributed by atoms with van der Waals surface area (Å²) in [5, 5.41) is 6.38. The van der Waals surface area contributed by atoms with Crippen LogP contribution in [0.5, 0.6) is 5.75 Å². The molecule has 3 aromatic carbocycles. The third-order valence-corrected chi connectivity index (χ3v) is 4.16. The maximum Gasteiger partial charge on any atom is 0.243 e. The molecule has 4 nitrogen and oxygen atoms in total. The van der Waals surface area contributed by atoms with E-state index in [9.17, 15) is 9.18 Å². The quantitative estimate of drug-likeness (QED) is 0.595. The van der Waals surface area contributed by atoms with Crippen LogP contribution in [0.4, 0.5) is 15.8 Å². The van der Waals surface area contributed by atoms with Crippen LogP contribution >= 0.6 is 11.6 Å². The summed E-state index contributed by atoms with van der Waals surface area (Å²) in [5.41, 5.74) is 2.25. The molecule has 0 fully saturated rings. The van der Waals surface area contributed by atoms with E-state index in [0.29, 0.717) is 23.1 Å². The number of amides is 1. The Morgan fingerprint density at radius 1 is 0.926 bits per heavy atom. The summed E-state index contributed by atoms with van der Waals surface area (Å²) < 4.78 is 18.6. The summed E-state index contributed by atoms with van der Waals surface area (Å²) in [6, 6.07) is 20.4. The van der Waals surface area contributed by atoms with Crippen LogP contribution in [0, 0.1) is 5.82 Å². The molecule has 27 heavy (non-hydrogen) atoms. The van der Waals surface area contributed by atoms with Gasteiger partial charge in [-0.25, -0.2) is 4.39 Å². The number of rotatable bonds is 7. The molecule has 0 unspecified atom stereocenters. The highest BCUT2D eigenvalue weighted by Gasteiger charge is 2.04. The molecule has 0 aliphatic carbocycles. The summed E-state index contributed by atoms with van der Waals surface area (Å²) in [7, 11) is 0. The van der Waals surface area contributed by atoms with Crippen LogP contribution in [0.1, 0.15) is 5.56 Å². The van der Waals surface area contributed by atoms with Gasteiger partial charge in [0.05, 0.1) is 6.54 Å². The Morgan fingerprint density at radius 2 is 1.59 bits per heavy atom. The molecule has 138 valence electrons. The van der Waals surface area contributed by atoms with E-state index in [-0.39, 0.29) is 18.3 Å². The fraction of sp³-hybridized carbons (Fsp3) is 0.0952. The Morgan fingerprint density at radius 3 is 2.30 bits per heavy atom. The Kier molecular flexibility index (Phi) is 6.28. The molecular formula is C21H18ClFN2O2. The minimum absolute atomic E-state index is 0.0944. The molecular weight excluding hydrogens is 367 g/mol.